The molecule has 0 aliphatic heterocycles. The number of hydrogen-bond acceptors (Lipinski definition) is 0. The average molecular weight is 284 g/mol. The van der Waals surface area contributed by atoms with Crippen LogP contribution in [0.15, 0.2) is 72.8 Å². The van der Waals surface area contributed by atoms with E-state index in [1.54, 1.807) is 0 Å². The third-order valence-corrected chi connectivity index (χ3v) is 5.05. The molecule has 0 nitrogen and oxygen atoms in total. The monoisotopic (exact) mass is 284 g/mol. The fourth-order valence-electron chi connectivity index (χ4n) is 3.91. The van der Waals surface area contributed by atoms with Crippen LogP contribution in [-0.2, 0) is 0 Å². The second-order valence-corrected chi connectivity index (χ2v) is 6.30. The fourth-order valence-corrected chi connectivity index (χ4v) is 3.91. The van der Waals surface area contributed by atoms with Gasteiger partial charge in [-0.2, -0.15) is 0 Å². The quantitative estimate of drug-likeness (QED) is 0.576. The lowest BCUT2D eigenvalue weighted by Gasteiger charge is -2.42. The predicted octanol–water partition coefficient (Wildman–Crippen LogP) is 5.58. The van der Waals surface area contributed by atoms with Gasteiger partial charge < -0.3 is 0 Å². The van der Waals surface area contributed by atoms with Gasteiger partial charge in [0.15, 0.2) is 0 Å². The molecule has 3 aromatic rings. The molecule has 0 saturated heterocycles. The standard InChI is InChI=1S/C22H20/c1-15-9-3-5-11-17(15)21-19-13-7-8-14-20(19)22(21)18-12-6-4-10-16(18)2/h3-14,21-22H,1-2H3. The summed E-state index contributed by atoms with van der Waals surface area (Å²) >= 11 is 0. The highest BCUT2D eigenvalue weighted by molar-refractivity contribution is 5.58. The van der Waals surface area contributed by atoms with Crippen molar-refractivity contribution in [1.29, 1.82) is 0 Å². The van der Waals surface area contributed by atoms with Crippen molar-refractivity contribution in [3.05, 3.63) is 106 Å². The predicted molar refractivity (Wildman–Crippen MR) is 92.5 cm³/mol. The minimum absolute atomic E-state index is 0.485. The molecular formula is C22H20. The van der Waals surface area contributed by atoms with Crippen LogP contribution in [-0.4, -0.2) is 0 Å². The molecule has 0 radical (unpaired) electrons. The van der Waals surface area contributed by atoms with Crippen molar-refractivity contribution < 1.29 is 0 Å². The van der Waals surface area contributed by atoms with Gasteiger partial charge in [-0.05, 0) is 47.2 Å². The Kier molecular flexibility index (Phi) is 3.11. The third kappa shape index (κ3) is 1.91. The molecule has 22 heavy (non-hydrogen) atoms. The summed E-state index contributed by atoms with van der Waals surface area (Å²) in [6.07, 6.45) is 0. The van der Waals surface area contributed by atoms with Crippen LogP contribution in [0.4, 0.5) is 0 Å². The smallest absolute Gasteiger partial charge is 0.0204 e. The minimum atomic E-state index is 0.485. The van der Waals surface area contributed by atoms with Crippen LogP contribution in [0.1, 0.15) is 45.2 Å². The second-order valence-electron chi connectivity index (χ2n) is 6.30. The fraction of sp³-hybridized carbons (Fsp3) is 0.182. The summed E-state index contributed by atoms with van der Waals surface area (Å²) in [5.74, 6) is 0.969. The molecule has 0 amide bonds. The van der Waals surface area contributed by atoms with Crippen molar-refractivity contribution in [2.45, 2.75) is 25.7 Å². The van der Waals surface area contributed by atoms with E-state index in [4.69, 9.17) is 0 Å². The van der Waals surface area contributed by atoms with Gasteiger partial charge in [-0.3, -0.25) is 0 Å². The van der Waals surface area contributed by atoms with E-state index in [0.717, 1.165) is 0 Å². The minimum Gasteiger partial charge on any atom is -0.0620 e. The Hall–Kier alpha value is -2.34. The maximum absolute atomic E-state index is 2.29. The van der Waals surface area contributed by atoms with E-state index < -0.39 is 0 Å². The zero-order chi connectivity index (χ0) is 15.1. The normalized spacial score (nSPS) is 19.4. The highest BCUT2D eigenvalue weighted by Gasteiger charge is 2.40. The lowest BCUT2D eigenvalue weighted by atomic mass is 9.61. The van der Waals surface area contributed by atoms with Crippen LogP contribution in [0.5, 0.6) is 0 Å². The Morgan fingerprint density at radius 3 is 1.14 bits per heavy atom. The molecule has 0 bridgehead atoms. The molecular weight excluding hydrogens is 264 g/mol. The molecule has 2 unspecified atom stereocenters. The number of benzene rings is 3. The van der Waals surface area contributed by atoms with Crippen molar-refractivity contribution in [3.8, 4) is 0 Å². The second kappa shape index (κ2) is 5.14. The SMILES string of the molecule is Cc1ccccc1C1c2ccccc2C1c1ccccc1C. The van der Waals surface area contributed by atoms with E-state index in [2.05, 4.69) is 86.6 Å². The lowest BCUT2D eigenvalue weighted by molar-refractivity contribution is 0.601. The van der Waals surface area contributed by atoms with Gasteiger partial charge >= 0.3 is 0 Å². The summed E-state index contributed by atoms with van der Waals surface area (Å²) in [7, 11) is 0. The van der Waals surface area contributed by atoms with Crippen LogP contribution in [0.2, 0.25) is 0 Å². The molecule has 0 saturated carbocycles. The van der Waals surface area contributed by atoms with E-state index in [9.17, 15) is 0 Å². The summed E-state index contributed by atoms with van der Waals surface area (Å²) in [4.78, 5) is 0. The Balaban J connectivity index is 1.90. The summed E-state index contributed by atoms with van der Waals surface area (Å²) in [5, 5.41) is 0. The molecule has 1 aliphatic rings. The zero-order valence-electron chi connectivity index (χ0n) is 13.1. The summed E-state index contributed by atoms with van der Waals surface area (Å²) in [6.45, 7) is 4.45. The topological polar surface area (TPSA) is 0 Å². The van der Waals surface area contributed by atoms with E-state index >= 15 is 0 Å². The van der Waals surface area contributed by atoms with Crippen molar-refractivity contribution in [2.75, 3.05) is 0 Å². The molecule has 0 fully saturated rings. The number of rotatable bonds is 2. The molecule has 0 heteroatoms. The summed E-state index contributed by atoms with van der Waals surface area (Å²) < 4.78 is 0. The van der Waals surface area contributed by atoms with Crippen molar-refractivity contribution >= 4 is 0 Å². The van der Waals surface area contributed by atoms with E-state index in [1.165, 1.54) is 33.4 Å². The number of fused-ring (bicyclic) bond motifs is 1. The molecule has 3 aromatic carbocycles. The van der Waals surface area contributed by atoms with Crippen LogP contribution in [0.25, 0.3) is 0 Å². The van der Waals surface area contributed by atoms with E-state index in [0.29, 0.717) is 11.8 Å². The molecule has 0 aromatic heterocycles. The van der Waals surface area contributed by atoms with Crippen molar-refractivity contribution in [1.82, 2.24) is 0 Å². The molecule has 1 aliphatic carbocycles. The summed E-state index contributed by atoms with van der Waals surface area (Å²) in [6, 6.07) is 26.5. The van der Waals surface area contributed by atoms with Crippen molar-refractivity contribution in [2.24, 2.45) is 0 Å². The van der Waals surface area contributed by atoms with Crippen LogP contribution < -0.4 is 0 Å². The average Bonchev–Trinajstić information content (AvgIpc) is 2.52. The van der Waals surface area contributed by atoms with E-state index in [-0.39, 0.29) is 0 Å². The van der Waals surface area contributed by atoms with Gasteiger partial charge in [-0.15, -0.1) is 0 Å². The van der Waals surface area contributed by atoms with Gasteiger partial charge in [0.1, 0.15) is 0 Å². The van der Waals surface area contributed by atoms with Gasteiger partial charge in [-0.25, -0.2) is 0 Å². The Morgan fingerprint density at radius 1 is 0.455 bits per heavy atom. The lowest BCUT2D eigenvalue weighted by Crippen LogP contribution is -2.27. The highest BCUT2D eigenvalue weighted by Crippen LogP contribution is 2.54. The van der Waals surface area contributed by atoms with Gasteiger partial charge in [0, 0.05) is 11.8 Å². The molecule has 0 N–H and O–H groups in total. The zero-order valence-corrected chi connectivity index (χ0v) is 13.1. The van der Waals surface area contributed by atoms with Crippen LogP contribution >= 0.6 is 0 Å². The largest absolute Gasteiger partial charge is 0.0620 e. The third-order valence-electron chi connectivity index (χ3n) is 5.05. The Morgan fingerprint density at radius 2 is 0.773 bits per heavy atom. The summed E-state index contributed by atoms with van der Waals surface area (Å²) in [5.41, 5.74) is 8.69. The van der Waals surface area contributed by atoms with Crippen LogP contribution in [0, 0.1) is 13.8 Å². The van der Waals surface area contributed by atoms with Gasteiger partial charge in [0.25, 0.3) is 0 Å². The van der Waals surface area contributed by atoms with Gasteiger partial charge in [0.05, 0.1) is 0 Å². The van der Waals surface area contributed by atoms with Crippen LogP contribution in [0.3, 0.4) is 0 Å². The molecule has 0 heterocycles. The van der Waals surface area contributed by atoms with Gasteiger partial charge in [-0.1, -0.05) is 72.8 Å². The first-order valence-corrected chi connectivity index (χ1v) is 7.97. The molecule has 2 atom stereocenters. The Bertz CT molecular complexity index is 758. The van der Waals surface area contributed by atoms with Gasteiger partial charge in [0.2, 0.25) is 0 Å². The first kappa shape index (κ1) is 13.3. The first-order valence-electron chi connectivity index (χ1n) is 7.97. The molecule has 108 valence electrons. The Labute approximate surface area is 132 Å². The number of aryl methyl sites for hydroxylation is 2. The molecule has 4 rings (SSSR count). The molecule has 0 spiro atoms. The first-order chi connectivity index (χ1) is 10.8. The van der Waals surface area contributed by atoms with Crippen molar-refractivity contribution in [3.63, 3.8) is 0 Å². The van der Waals surface area contributed by atoms with E-state index in [1.807, 2.05) is 0 Å². The maximum atomic E-state index is 2.29. The number of hydrogen-bond donors (Lipinski definition) is 0. The maximum Gasteiger partial charge on any atom is 0.0204 e. The highest BCUT2D eigenvalue weighted by atomic mass is 14.4.